The highest BCUT2D eigenvalue weighted by Crippen LogP contribution is 2.41. The summed E-state index contributed by atoms with van der Waals surface area (Å²) >= 11 is 0. The molecule has 2 unspecified atom stereocenters. The lowest BCUT2D eigenvalue weighted by Gasteiger charge is -2.29. The average molecular weight is 404 g/mol. The van der Waals surface area contributed by atoms with Crippen molar-refractivity contribution in [2.75, 3.05) is 0 Å². The lowest BCUT2D eigenvalue weighted by Crippen LogP contribution is -2.52. The maximum Gasteiger partial charge on any atom is 0.258 e. The van der Waals surface area contributed by atoms with E-state index in [1.807, 2.05) is 0 Å². The number of carbonyl (C=O) groups excluding carboxylic acids is 5. The molecule has 0 bridgehead atoms. The zero-order valence-electron chi connectivity index (χ0n) is 15.7. The molecule has 2 aliphatic heterocycles. The molecular weight excluding hydrogens is 388 g/mol. The Labute approximate surface area is 170 Å². The summed E-state index contributed by atoms with van der Waals surface area (Å²) in [4.78, 5) is 67.3. The molecule has 2 atom stereocenters. The van der Waals surface area contributed by atoms with Gasteiger partial charge >= 0.3 is 0 Å². The first-order valence-electron chi connectivity index (χ1n) is 9.52. The topological polar surface area (TPSA) is 126 Å². The largest absolute Gasteiger partial charge is 0.322 e. The van der Waals surface area contributed by atoms with Crippen LogP contribution >= 0.6 is 0 Å². The lowest BCUT2D eigenvalue weighted by molar-refractivity contribution is -0.137. The van der Waals surface area contributed by atoms with E-state index in [0.717, 1.165) is 5.56 Å². The fraction of sp³-hybridized carbons (Fsp3) is 0.238. The Morgan fingerprint density at radius 2 is 1.97 bits per heavy atom. The van der Waals surface area contributed by atoms with E-state index in [0.29, 0.717) is 11.3 Å². The summed E-state index contributed by atoms with van der Waals surface area (Å²) in [5.74, 6) is -3.06. The van der Waals surface area contributed by atoms with Gasteiger partial charge in [0.05, 0.1) is 16.8 Å². The minimum absolute atomic E-state index is 0.0818. The first-order chi connectivity index (χ1) is 14.5. The van der Waals surface area contributed by atoms with Gasteiger partial charge in [0, 0.05) is 19.2 Å². The van der Waals surface area contributed by atoms with Crippen molar-refractivity contribution in [1.29, 1.82) is 0 Å². The SMILES string of the molecule is O=C1CCC(N2Cc3cccc(C(=O)NC(=O)C4c5cccnc54)c3C2=O)C(=O)N1. The van der Waals surface area contributed by atoms with Gasteiger partial charge in [0.25, 0.3) is 11.8 Å². The maximum atomic E-state index is 13.0. The monoisotopic (exact) mass is 404 g/mol. The van der Waals surface area contributed by atoms with Crippen LogP contribution in [0.3, 0.4) is 0 Å². The fourth-order valence-corrected chi connectivity index (χ4v) is 4.15. The average Bonchev–Trinajstić information content (AvgIpc) is 3.37. The number of hydrogen-bond acceptors (Lipinski definition) is 6. The van der Waals surface area contributed by atoms with Gasteiger partial charge in [-0.25, -0.2) is 0 Å². The Morgan fingerprint density at radius 3 is 2.70 bits per heavy atom. The lowest BCUT2D eigenvalue weighted by atomic mass is 10.0. The van der Waals surface area contributed by atoms with Crippen LogP contribution in [0, 0.1) is 0 Å². The van der Waals surface area contributed by atoms with Crippen molar-refractivity contribution >= 4 is 29.5 Å². The van der Waals surface area contributed by atoms with Crippen LogP contribution in [-0.2, 0) is 20.9 Å². The van der Waals surface area contributed by atoms with Crippen molar-refractivity contribution < 1.29 is 24.0 Å². The highest BCUT2D eigenvalue weighted by atomic mass is 16.2. The van der Waals surface area contributed by atoms with Gasteiger partial charge in [-0.2, -0.15) is 0 Å². The molecule has 30 heavy (non-hydrogen) atoms. The molecule has 5 amide bonds. The number of aromatic nitrogens is 1. The molecule has 1 aromatic carbocycles. The molecule has 3 heterocycles. The van der Waals surface area contributed by atoms with Crippen LogP contribution in [0.2, 0.25) is 0 Å². The van der Waals surface area contributed by atoms with Gasteiger partial charge in [-0.05, 0) is 29.7 Å². The number of nitrogens with one attached hydrogen (secondary N) is 2. The Kier molecular flexibility index (Phi) is 3.99. The maximum absolute atomic E-state index is 13.0. The zero-order chi connectivity index (χ0) is 21.0. The molecule has 3 aliphatic rings. The van der Waals surface area contributed by atoms with E-state index in [2.05, 4.69) is 15.6 Å². The molecule has 0 spiro atoms. The second kappa shape index (κ2) is 6.58. The van der Waals surface area contributed by atoms with Crippen LogP contribution in [0.1, 0.15) is 56.3 Å². The Bertz CT molecular complexity index is 1130. The Morgan fingerprint density at radius 1 is 1.13 bits per heavy atom. The summed E-state index contributed by atoms with van der Waals surface area (Å²) in [6.45, 7) is 0.160. The van der Waals surface area contributed by atoms with E-state index in [1.165, 1.54) is 11.0 Å². The summed E-state index contributed by atoms with van der Waals surface area (Å²) in [7, 11) is 0. The molecule has 1 aromatic heterocycles. The van der Waals surface area contributed by atoms with E-state index in [4.69, 9.17) is 0 Å². The Hall–Kier alpha value is -3.88. The predicted molar refractivity (Wildman–Crippen MR) is 101 cm³/mol. The molecule has 2 aromatic rings. The normalized spacial score (nSPS) is 21.6. The molecule has 5 rings (SSSR count). The number of benzene rings is 1. The standard InChI is InChI=1S/C21H16N4O5/c26-14-7-6-13(19(28)23-14)25-9-10-3-1-4-12(15(10)21(25)30)18(27)24-20(29)16-11-5-2-8-22-17(11)16/h1-5,8,13,16H,6-7,9H2,(H,23,26,28)(H,24,27,29). The number of imide groups is 2. The van der Waals surface area contributed by atoms with Crippen molar-refractivity contribution in [3.8, 4) is 0 Å². The number of fused-ring (bicyclic) bond motifs is 2. The molecule has 1 fully saturated rings. The van der Waals surface area contributed by atoms with Crippen LogP contribution in [0.4, 0.5) is 0 Å². The molecule has 9 nitrogen and oxygen atoms in total. The van der Waals surface area contributed by atoms with Crippen molar-refractivity contribution in [2.24, 2.45) is 0 Å². The molecule has 1 aliphatic carbocycles. The minimum Gasteiger partial charge on any atom is -0.322 e. The van der Waals surface area contributed by atoms with Crippen molar-refractivity contribution in [3.05, 3.63) is 64.5 Å². The summed E-state index contributed by atoms with van der Waals surface area (Å²) in [5.41, 5.74) is 2.28. The van der Waals surface area contributed by atoms with E-state index >= 15 is 0 Å². The fourth-order valence-electron chi connectivity index (χ4n) is 4.15. The number of hydrogen-bond donors (Lipinski definition) is 2. The first kappa shape index (κ1) is 18.2. The number of carbonyl (C=O) groups is 5. The zero-order valence-corrected chi connectivity index (χ0v) is 15.7. The van der Waals surface area contributed by atoms with Gasteiger partial charge in [-0.15, -0.1) is 0 Å². The molecule has 9 heteroatoms. The van der Waals surface area contributed by atoms with E-state index in [-0.39, 0.29) is 36.4 Å². The molecule has 150 valence electrons. The highest BCUT2D eigenvalue weighted by molar-refractivity contribution is 6.15. The smallest absolute Gasteiger partial charge is 0.258 e. The predicted octanol–water partition coefficient (Wildman–Crippen LogP) is 0.245. The van der Waals surface area contributed by atoms with Crippen LogP contribution in [0.5, 0.6) is 0 Å². The van der Waals surface area contributed by atoms with Crippen molar-refractivity contribution in [1.82, 2.24) is 20.5 Å². The molecule has 0 saturated carbocycles. The highest BCUT2D eigenvalue weighted by Gasteiger charge is 2.43. The number of piperidine rings is 1. The summed E-state index contributed by atoms with van der Waals surface area (Å²) in [6, 6.07) is 7.54. The molecular formula is C21H16N4O5. The van der Waals surface area contributed by atoms with Gasteiger partial charge in [-0.3, -0.25) is 39.6 Å². The third-order valence-electron chi connectivity index (χ3n) is 5.67. The Balaban J connectivity index is 1.36. The van der Waals surface area contributed by atoms with Crippen LogP contribution in [0.25, 0.3) is 0 Å². The van der Waals surface area contributed by atoms with Crippen molar-refractivity contribution in [2.45, 2.75) is 31.3 Å². The van der Waals surface area contributed by atoms with Crippen LogP contribution in [0.15, 0.2) is 36.5 Å². The van der Waals surface area contributed by atoms with Crippen LogP contribution < -0.4 is 10.6 Å². The number of pyridine rings is 1. The molecule has 0 radical (unpaired) electrons. The van der Waals surface area contributed by atoms with Gasteiger partial charge in [0.2, 0.25) is 17.7 Å². The number of amides is 5. The minimum atomic E-state index is -0.771. The van der Waals surface area contributed by atoms with E-state index in [1.54, 1.807) is 30.5 Å². The second-order valence-corrected chi connectivity index (χ2v) is 7.47. The van der Waals surface area contributed by atoms with Gasteiger partial charge < -0.3 is 4.90 Å². The van der Waals surface area contributed by atoms with E-state index in [9.17, 15) is 24.0 Å². The number of nitrogens with zero attached hydrogens (tertiary/aromatic N) is 2. The van der Waals surface area contributed by atoms with Gasteiger partial charge in [-0.1, -0.05) is 18.2 Å². The van der Waals surface area contributed by atoms with Gasteiger partial charge in [0.15, 0.2) is 0 Å². The second-order valence-electron chi connectivity index (χ2n) is 7.47. The first-order valence-corrected chi connectivity index (χ1v) is 9.52. The van der Waals surface area contributed by atoms with Crippen molar-refractivity contribution in [3.63, 3.8) is 0 Å². The quantitative estimate of drug-likeness (QED) is 0.706. The summed E-state index contributed by atoms with van der Waals surface area (Å²) < 4.78 is 0. The van der Waals surface area contributed by atoms with Crippen LogP contribution in [-0.4, -0.2) is 45.5 Å². The summed E-state index contributed by atoms with van der Waals surface area (Å²) in [6.07, 6.45) is 1.96. The number of rotatable bonds is 3. The van der Waals surface area contributed by atoms with E-state index < -0.39 is 35.6 Å². The summed E-state index contributed by atoms with van der Waals surface area (Å²) in [5, 5.41) is 4.60. The third kappa shape index (κ3) is 2.78. The molecule has 2 N–H and O–H groups in total. The van der Waals surface area contributed by atoms with Gasteiger partial charge in [0.1, 0.15) is 12.0 Å². The molecule has 1 saturated heterocycles. The third-order valence-corrected chi connectivity index (χ3v) is 5.67.